The number of nitrogens with zero attached hydrogens (tertiary/aromatic N) is 2. The maximum atomic E-state index is 12.6. The number of carbonyl (C=O) groups excluding carboxylic acids is 2. The molecule has 0 aliphatic rings. The first-order valence-corrected chi connectivity index (χ1v) is 8.68. The van der Waals surface area contributed by atoms with Gasteiger partial charge in [0.1, 0.15) is 6.04 Å². The van der Waals surface area contributed by atoms with E-state index in [0.717, 1.165) is 16.5 Å². The van der Waals surface area contributed by atoms with Gasteiger partial charge in [-0.3, -0.25) is 9.59 Å². The fraction of sp³-hybridized carbons (Fsp3) is 0.333. The Morgan fingerprint density at radius 2 is 1.85 bits per heavy atom. The van der Waals surface area contributed by atoms with Gasteiger partial charge in [-0.05, 0) is 44.5 Å². The minimum Gasteiger partial charge on any atom is -0.348 e. The predicted molar refractivity (Wildman–Crippen MR) is 106 cm³/mol. The number of fused-ring (bicyclic) bond motifs is 1. The second-order valence-corrected chi connectivity index (χ2v) is 6.52. The van der Waals surface area contributed by atoms with E-state index in [9.17, 15) is 9.59 Å². The van der Waals surface area contributed by atoms with E-state index < -0.39 is 6.04 Å². The molecule has 1 atom stereocenters. The molecule has 1 N–H and O–H groups in total. The van der Waals surface area contributed by atoms with Gasteiger partial charge >= 0.3 is 0 Å². The molecule has 5 heteroatoms. The number of aromatic nitrogens is 1. The molecule has 5 nitrogen and oxygen atoms in total. The van der Waals surface area contributed by atoms with E-state index in [4.69, 9.17) is 0 Å². The van der Waals surface area contributed by atoms with Crippen LogP contribution < -0.4 is 5.32 Å². The van der Waals surface area contributed by atoms with Crippen molar-refractivity contribution in [2.24, 2.45) is 7.05 Å². The lowest BCUT2D eigenvalue weighted by atomic mass is 10.1. The summed E-state index contributed by atoms with van der Waals surface area (Å²) >= 11 is 0. The van der Waals surface area contributed by atoms with Gasteiger partial charge in [0.05, 0.1) is 0 Å². The van der Waals surface area contributed by atoms with Crippen LogP contribution in [0, 0.1) is 13.8 Å². The fourth-order valence-corrected chi connectivity index (χ4v) is 3.08. The average molecular weight is 353 g/mol. The molecule has 2 amide bonds. The fourth-order valence-electron chi connectivity index (χ4n) is 3.08. The topological polar surface area (TPSA) is 54.3 Å². The zero-order chi connectivity index (χ0) is 19.4. The van der Waals surface area contributed by atoms with Crippen LogP contribution in [-0.2, 0) is 11.8 Å². The van der Waals surface area contributed by atoms with Crippen molar-refractivity contribution in [3.8, 4) is 0 Å². The summed E-state index contributed by atoms with van der Waals surface area (Å²) in [5, 5.41) is 3.85. The number of amides is 2. The van der Waals surface area contributed by atoms with Gasteiger partial charge < -0.3 is 14.8 Å². The first-order valence-electron chi connectivity index (χ1n) is 8.68. The molecule has 1 aromatic carbocycles. The summed E-state index contributed by atoms with van der Waals surface area (Å²) in [7, 11) is 2.01. The third kappa shape index (κ3) is 3.72. The second-order valence-electron chi connectivity index (χ2n) is 6.52. The van der Waals surface area contributed by atoms with Crippen molar-refractivity contribution in [3.05, 3.63) is 60.3 Å². The largest absolute Gasteiger partial charge is 0.348 e. The van der Waals surface area contributed by atoms with Crippen molar-refractivity contribution in [2.45, 2.75) is 26.8 Å². The number of rotatable bonds is 7. The smallest absolute Gasteiger partial charge is 0.251 e. The summed E-state index contributed by atoms with van der Waals surface area (Å²) in [6.07, 6.45) is 3.31. The van der Waals surface area contributed by atoms with Crippen LogP contribution in [0.15, 0.2) is 43.5 Å². The Balaban J connectivity index is 2.19. The maximum Gasteiger partial charge on any atom is 0.251 e. The Hall–Kier alpha value is -2.82. The SMILES string of the molecule is C=CCN(CC=C)C(=O)C(C)NC(=O)c1ccc2c(c1)c(C)c(C)n2C. The average Bonchev–Trinajstić information content (AvgIpc) is 2.84. The number of hydrogen-bond donors (Lipinski definition) is 1. The summed E-state index contributed by atoms with van der Waals surface area (Å²) in [4.78, 5) is 26.7. The molecule has 0 fully saturated rings. The Labute approximate surface area is 155 Å². The van der Waals surface area contributed by atoms with Crippen molar-refractivity contribution >= 4 is 22.7 Å². The maximum absolute atomic E-state index is 12.6. The highest BCUT2D eigenvalue weighted by Crippen LogP contribution is 2.25. The van der Waals surface area contributed by atoms with Gasteiger partial charge in [0.15, 0.2) is 0 Å². The summed E-state index contributed by atoms with van der Waals surface area (Å²) in [6, 6.07) is 4.99. The van der Waals surface area contributed by atoms with Crippen LogP contribution in [0.2, 0.25) is 0 Å². The molecular formula is C21H27N3O2. The van der Waals surface area contributed by atoms with Crippen LogP contribution in [0.4, 0.5) is 0 Å². The van der Waals surface area contributed by atoms with Crippen LogP contribution in [0.25, 0.3) is 10.9 Å². The quantitative estimate of drug-likeness (QED) is 0.778. The van der Waals surface area contributed by atoms with E-state index in [1.54, 1.807) is 30.0 Å². The van der Waals surface area contributed by atoms with Crippen LogP contribution in [0.5, 0.6) is 0 Å². The highest BCUT2D eigenvalue weighted by molar-refractivity contribution is 6.01. The summed E-state index contributed by atoms with van der Waals surface area (Å²) in [5.41, 5.74) is 3.96. The van der Waals surface area contributed by atoms with Crippen molar-refractivity contribution in [2.75, 3.05) is 13.1 Å². The van der Waals surface area contributed by atoms with Gasteiger partial charge in [-0.25, -0.2) is 0 Å². The van der Waals surface area contributed by atoms with E-state index in [1.165, 1.54) is 5.69 Å². The Morgan fingerprint density at radius 1 is 1.23 bits per heavy atom. The minimum atomic E-state index is -0.628. The molecular weight excluding hydrogens is 326 g/mol. The molecule has 1 unspecified atom stereocenters. The molecule has 0 spiro atoms. The standard InChI is InChI=1S/C21H27N3O2/c1-7-11-24(12-8-2)21(26)15(4)22-20(25)17-9-10-19-18(13-17)14(3)16(5)23(19)6/h7-10,13,15H,1-2,11-12H2,3-6H3,(H,22,25). The highest BCUT2D eigenvalue weighted by Gasteiger charge is 2.21. The zero-order valence-corrected chi connectivity index (χ0v) is 16.0. The van der Waals surface area contributed by atoms with Crippen LogP contribution in [0.3, 0.4) is 0 Å². The third-order valence-electron chi connectivity index (χ3n) is 4.80. The van der Waals surface area contributed by atoms with Crippen molar-refractivity contribution in [3.63, 3.8) is 0 Å². The van der Waals surface area contributed by atoms with Crippen LogP contribution >= 0.6 is 0 Å². The number of aryl methyl sites for hydroxylation is 2. The van der Waals surface area contributed by atoms with Gasteiger partial charge in [0.2, 0.25) is 5.91 Å². The molecule has 2 rings (SSSR count). The lowest BCUT2D eigenvalue weighted by Crippen LogP contribution is -2.47. The highest BCUT2D eigenvalue weighted by atomic mass is 16.2. The zero-order valence-electron chi connectivity index (χ0n) is 16.0. The third-order valence-corrected chi connectivity index (χ3v) is 4.80. The van der Waals surface area contributed by atoms with E-state index in [1.807, 2.05) is 26.1 Å². The number of nitrogens with one attached hydrogen (secondary N) is 1. The molecule has 0 radical (unpaired) electrons. The summed E-state index contributed by atoms with van der Waals surface area (Å²) in [6.45, 7) is 14.0. The molecule has 0 bridgehead atoms. The van der Waals surface area contributed by atoms with Crippen LogP contribution in [-0.4, -0.2) is 40.4 Å². The molecule has 0 aliphatic heterocycles. The van der Waals surface area contributed by atoms with Crippen LogP contribution in [0.1, 0.15) is 28.5 Å². The van der Waals surface area contributed by atoms with E-state index in [0.29, 0.717) is 18.7 Å². The molecule has 1 aromatic heterocycles. The summed E-state index contributed by atoms with van der Waals surface area (Å²) in [5.74, 6) is -0.420. The molecule has 0 aliphatic carbocycles. The number of carbonyl (C=O) groups is 2. The first-order chi connectivity index (χ1) is 12.3. The Kier molecular flexibility index (Phi) is 6.03. The predicted octanol–water partition coefficient (Wildman–Crippen LogP) is 3.11. The van der Waals surface area contributed by atoms with Gasteiger partial charge in [-0.2, -0.15) is 0 Å². The molecule has 1 heterocycles. The van der Waals surface area contributed by atoms with E-state index in [2.05, 4.69) is 30.0 Å². The van der Waals surface area contributed by atoms with E-state index in [-0.39, 0.29) is 11.8 Å². The second kappa shape index (κ2) is 8.04. The van der Waals surface area contributed by atoms with Gasteiger partial charge in [-0.1, -0.05) is 12.2 Å². The molecule has 2 aromatic rings. The van der Waals surface area contributed by atoms with E-state index >= 15 is 0 Å². The minimum absolute atomic E-state index is 0.161. The van der Waals surface area contributed by atoms with Gasteiger partial charge in [0.25, 0.3) is 5.91 Å². The lowest BCUT2D eigenvalue weighted by molar-refractivity contribution is -0.131. The molecule has 138 valence electrons. The van der Waals surface area contributed by atoms with Crippen molar-refractivity contribution in [1.29, 1.82) is 0 Å². The first kappa shape index (κ1) is 19.5. The van der Waals surface area contributed by atoms with Gasteiger partial charge in [-0.15, -0.1) is 13.2 Å². The monoisotopic (exact) mass is 353 g/mol. The van der Waals surface area contributed by atoms with Gasteiger partial charge in [0, 0.05) is 42.3 Å². The normalized spacial score (nSPS) is 11.8. The molecule has 0 saturated heterocycles. The lowest BCUT2D eigenvalue weighted by Gasteiger charge is -2.23. The number of benzene rings is 1. The Bertz CT molecular complexity index is 854. The summed E-state index contributed by atoms with van der Waals surface area (Å²) < 4.78 is 2.11. The number of hydrogen-bond acceptors (Lipinski definition) is 2. The Morgan fingerprint density at radius 3 is 2.42 bits per heavy atom. The van der Waals surface area contributed by atoms with Crippen molar-refractivity contribution < 1.29 is 9.59 Å². The molecule has 26 heavy (non-hydrogen) atoms. The van der Waals surface area contributed by atoms with Crippen molar-refractivity contribution in [1.82, 2.24) is 14.8 Å². The molecule has 0 saturated carbocycles.